The van der Waals surface area contributed by atoms with Crippen LogP contribution in [0.15, 0.2) is 30.5 Å². The SMILES string of the molecule is CCOCCS(=O)(=O)NCC(=O)Nc1ccc2ccn(CC(=O)NC)c2c1. The minimum Gasteiger partial charge on any atom is -0.381 e. The van der Waals surface area contributed by atoms with Gasteiger partial charge < -0.3 is 19.9 Å². The highest BCUT2D eigenvalue weighted by molar-refractivity contribution is 7.89. The van der Waals surface area contributed by atoms with E-state index in [1.807, 2.05) is 12.1 Å². The number of amides is 2. The van der Waals surface area contributed by atoms with Gasteiger partial charge >= 0.3 is 0 Å². The van der Waals surface area contributed by atoms with Crippen molar-refractivity contribution in [3.05, 3.63) is 30.5 Å². The first-order valence-electron chi connectivity index (χ1n) is 8.49. The molecule has 2 aromatic rings. The quantitative estimate of drug-likeness (QED) is 0.499. The van der Waals surface area contributed by atoms with E-state index >= 15 is 0 Å². The van der Waals surface area contributed by atoms with E-state index in [1.165, 1.54) is 0 Å². The van der Waals surface area contributed by atoms with Crippen LogP contribution in [-0.2, 0) is 30.9 Å². The summed E-state index contributed by atoms with van der Waals surface area (Å²) in [5.74, 6) is -0.824. The molecule has 1 aromatic heterocycles. The third-order valence-corrected chi connectivity index (χ3v) is 5.09. The molecule has 0 aliphatic rings. The van der Waals surface area contributed by atoms with E-state index in [1.54, 1.807) is 36.9 Å². The number of likely N-dealkylation sites (N-methyl/N-ethyl adjacent to an activating group) is 1. The molecule has 2 amide bonds. The second-order valence-corrected chi connectivity index (χ2v) is 7.70. The van der Waals surface area contributed by atoms with E-state index < -0.39 is 15.9 Å². The standard InChI is InChI=1S/C17H24N4O5S/c1-3-26-8-9-27(24,25)19-11-16(22)20-14-5-4-13-6-7-21(15(13)10-14)12-17(23)18-2/h4-7,10,19H,3,8-9,11-12H2,1-2H3,(H,18,23)(H,20,22). The first kappa shape index (κ1) is 20.9. The lowest BCUT2D eigenvalue weighted by atomic mass is 10.2. The predicted molar refractivity (Wildman–Crippen MR) is 103 cm³/mol. The van der Waals surface area contributed by atoms with Gasteiger partial charge in [-0.25, -0.2) is 13.1 Å². The Morgan fingerprint density at radius 1 is 1.19 bits per heavy atom. The molecule has 148 valence electrons. The smallest absolute Gasteiger partial charge is 0.239 e. The van der Waals surface area contributed by atoms with Gasteiger partial charge in [0.05, 0.1) is 24.4 Å². The van der Waals surface area contributed by atoms with Crippen LogP contribution in [0, 0.1) is 0 Å². The molecule has 0 atom stereocenters. The van der Waals surface area contributed by atoms with Gasteiger partial charge in [0, 0.05) is 25.5 Å². The summed E-state index contributed by atoms with van der Waals surface area (Å²) in [5.41, 5.74) is 1.30. The molecule has 9 nitrogen and oxygen atoms in total. The summed E-state index contributed by atoms with van der Waals surface area (Å²) in [7, 11) is -2.01. The average Bonchev–Trinajstić information content (AvgIpc) is 3.02. The Bertz CT molecular complexity index is 907. The lowest BCUT2D eigenvalue weighted by molar-refractivity contribution is -0.121. The number of ether oxygens (including phenoxy) is 1. The third-order valence-electron chi connectivity index (χ3n) is 3.80. The summed E-state index contributed by atoms with van der Waals surface area (Å²) in [6.45, 7) is 2.07. The van der Waals surface area contributed by atoms with Gasteiger partial charge in [0.15, 0.2) is 0 Å². The zero-order valence-electron chi connectivity index (χ0n) is 15.3. The van der Waals surface area contributed by atoms with Crippen molar-refractivity contribution in [3.8, 4) is 0 Å². The van der Waals surface area contributed by atoms with E-state index in [4.69, 9.17) is 4.74 Å². The zero-order chi connectivity index (χ0) is 19.9. The van der Waals surface area contributed by atoms with Crippen molar-refractivity contribution in [2.45, 2.75) is 13.5 Å². The number of nitrogens with zero attached hydrogens (tertiary/aromatic N) is 1. The summed E-state index contributed by atoms with van der Waals surface area (Å²) in [6, 6.07) is 7.14. The Hall–Kier alpha value is -2.43. The third kappa shape index (κ3) is 6.35. The van der Waals surface area contributed by atoms with Crippen LogP contribution < -0.4 is 15.4 Å². The van der Waals surface area contributed by atoms with Crippen molar-refractivity contribution in [3.63, 3.8) is 0 Å². The van der Waals surface area contributed by atoms with Crippen LogP contribution in [0.3, 0.4) is 0 Å². The first-order chi connectivity index (χ1) is 12.8. The number of benzene rings is 1. The largest absolute Gasteiger partial charge is 0.381 e. The van der Waals surface area contributed by atoms with Crippen LogP contribution in [0.1, 0.15) is 6.92 Å². The summed E-state index contributed by atoms with van der Waals surface area (Å²) in [4.78, 5) is 23.6. The highest BCUT2D eigenvalue weighted by Gasteiger charge is 2.13. The first-order valence-corrected chi connectivity index (χ1v) is 10.1. The van der Waals surface area contributed by atoms with E-state index in [-0.39, 0.29) is 31.4 Å². The minimum absolute atomic E-state index is 0.0758. The zero-order valence-corrected chi connectivity index (χ0v) is 16.1. The number of fused-ring (bicyclic) bond motifs is 1. The molecule has 0 radical (unpaired) electrons. The van der Waals surface area contributed by atoms with Gasteiger partial charge in [0.25, 0.3) is 0 Å². The fourth-order valence-corrected chi connectivity index (χ4v) is 3.23. The highest BCUT2D eigenvalue weighted by Crippen LogP contribution is 2.20. The number of sulfonamides is 1. The lowest BCUT2D eigenvalue weighted by Gasteiger charge is -2.09. The van der Waals surface area contributed by atoms with Crippen molar-refractivity contribution in [1.82, 2.24) is 14.6 Å². The molecule has 0 saturated heterocycles. The number of anilines is 1. The Balaban J connectivity index is 1.98. The van der Waals surface area contributed by atoms with Crippen LogP contribution in [0.5, 0.6) is 0 Å². The number of nitrogens with one attached hydrogen (secondary N) is 3. The van der Waals surface area contributed by atoms with Crippen molar-refractivity contribution in [2.75, 3.05) is 37.9 Å². The Morgan fingerprint density at radius 3 is 2.67 bits per heavy atom. The van der Waals surface area contributed by atoms with Crippen molar-refractivity contribution >= 4 is 38.4 Å². The molecule has 1 aromatic carbocycles. The summed E-state index contributed by atoms with van der Waals surface area (Å²) in [5, 5.41) is 6.13. The maximum atomic E-state index is 12.0. The van der Waals surface area contributed by atoms with Gasteiger partial charge in [-0.1, -0.05) is 6.07 Å². The van der Waals surface area contributed by atoms with Gasteiger partial charge in [-0.15, -0.1) is 0 Å². The number of hydrogen-bond donors (Lipinski definition) is 3. The van der Waals surface area contributed by atoms with Gasteiger partial charge in [-0.05, 0) is 30.5 Å². The van der Waals surface area contributed by atoms with Crippen LogP contribution in [-0.4, -0.2) is 57.4 Å². The summed E-state index contributed by atoms with van der Waals surface area (Å²) < 4.78 is 32.5. The number of hydrogen-bond acceptors (Lipinski definition) is 5. The molecule has 3 N–H and O–H groups in total. The molecule has 10 heteroatoms. The second kappa shape index (κ2) is 9.49. The van der Waals surface area contributed by atoms with Crippen LogP contribution in [0.25, 0.3) is 10.9 Å². The van der Waals surface area contributed by atoms with Gasteiger partial charge in [0.2, 0.25) is 21.8 Å². The van der Waals surface area contributed by atoms with Gasteiger partial charge in [-0.2, -0.15) is 0 Å². The maximum Gasteiger partial charge on any atom is 0.239 e. The predicted octanol–water partition coefficient (Wildman–Crippen LogP) is 0.282. The van der Waals surface area contributed by atoms with E-state index in [2.05, 4.69) is 15.4 Å². The molecule has 0 unspecified atom stereocenters. The number of carbonyl (C=O) groups is 2. The molecular weight excluding hydrogens is 372 g/mol. The van der Waals surface area contributed by atoms with Gasteiger partial charge in [-0.3, -0.25) is 9.59 Å². The molecule has 0 bridgehead atoms. The minimum atomic E-state index is -3.57. The molecule has 0 fully saturated rings. The molecular formula is C17H24N4O5S. The van der Waals surface area contributed by atoms with Gasteiger partial charge in [0.1, 0.15) is 6.54 Å². The Kier molecular flexibility index (Phi) is 7.34. The van der Waals surface area contributed by atoms with E-state index in [9.17, 15) is 18.0 Å². The molecule has 1 heterocycles. The molecule has 2 rings (SSSR count). The number of aromatic nitrogens is 1. The molecule has 27 heavy (non-hydrogen) atoms. The van der Waals surface area contributed by atoms with Crippen LogP contribution in [0.2, 0.25) is 0 Å². The fourth-order valence-electron chi connectivity index (χ4n) is 2.40. The summed E-state index contributed by atoms with van der Waals surface area (Å²) >= 11 is 0. The Labute approximate surface area is 158 Å². The Morgan fingerprint density at radius 2 is 1.96 bits per heavy atom. The molecule has 0 saturated carbocycles. The van der Waals surface area contributed by atoms with Crippen molar-refractivity contribution in [2.24, 2.45) is 0 Å². The van der Waals surface area contributed by atoms with Crippen LogP contribution >= 0.6 is 0 Å². The topological polar surface area (TPSA) is 119 Å². The number of rotatable bonds is 10. The van der Waals surface area contributed by atoms with Crippen molar-refractivity contribution < 1.29 is 22.7 Å². The molecule has 0 aliphatic heterocycles. The second-order valence-electron chi connectivity index (χ2n) is 5.78. The summed E-state index contributed by atoms with van der Waals surface area (Å²) in [6.07, 6.45) is 1.79. The van der Waals surface area contributed by atoms with E-state index in [0.717, 1.165) is 10.9 Å². The fraction of sp³-hybridized carbons (Fsp3) is 0.412. The van der Waals surface area contributed by atoms with Crippen molar-refractivity contribution in [1.29, 1.82) is 0 Å². The number of carbonyl (C=O) groups excluding carboxylic acids is 2. The lowest BCUT2D eigenvalue weighted by Crippen LogP contribution is -2.35. The van der Waals surface area contributed by atoms with Crippen LogP contribution in [0.4, 0.5) is 5.69 Å². The maximum absolute atomic E-state index is 12.0. The average molecular weight is 396 g/mol. The monoisotopic (exact) mass is 396 g/mol. The van der Waals surface area contributed by atoms with E-state index in [0.29, 0.717) is 12.3 Å². The normalized spacial score (nSPS) is 11.5. The molecule has 0 spiro atoms. The highest BCUT2D eigenvalue weighted by atomic mass is 32.2. The molecule has 0 aliphatic carbocycles.